The highest BCUT2D eigenvalue weighted by Crippen LogP contribution is 2.41. The Morgan fingerprint density at radius 2 is 1.79 bits per heavy atom. The largest absolute Gasteiger partial charge is 0.347 e. The van der Waals surface area contributed by atoms with Crippen LogP contribution in [0, 0.1) is 13.8 Å². The number of carbonyl (C=O) groups is 2. The number of carbonyl (C=O) groups excluding carboxylic acids is 2. The molecule has 38 heavy (non-hydrogen) atoms. The molecule has 2 fully saturated rings. The first-order valence-corrected chi connectivity index (χ1v) is 14.6. The molecule has 2 amide bonds. The van der Waals surface area contributed by atoms with Crippen LogP contribution in [0.3, 0.4) is 0 Å². The van der Waals surface area contributed by atoms with Crippen molar-refractivity contribution in [2.75, 3.05) is 19.6 Å². The van der Waals surface area contributed by atoms with Gasteiger partial charge in [-0.3, -0.25) is 9.59 Å². The Balaban J connectivity index is 1.48. The second-order valence-corrected chi connectivity index (χ2v) is 12.0. The zero-order valence-corrected chi connectivity index (χ0v) is 23.4. The van der Waals surface area contributed by atoms with E-state index < -0.39 is 0 Å². The molecule has 1 aromatic heterocycles. The van der Waals surface area contributed by atoms with Crippen molar-refractivity contribution in [3.8, 4) is 0 Å². The number of amides is 2. The molecule has 0 aliphatic carbocycles. The number of aromatic nitrogens is 1. The van der Waals surface area contributed by atoms with E-state index in [9.17, 15) is 9.59 Å². The van der Waals surface area contributed by atoms with Crippen molar-refractivity contribution in [3.63, 3.8) is 0 Å². The van der Waals surface area contributed by atoms with Crippen LogP contribution in [-0.2, 0) is 16.8 Å². The molecule has 3 heterocycles. The summed E-state index contributed by atoms with van der Waals surface area (Å²) in [4.78, 5) is 33.5. The number of thiazole rings is 1. The summed E-state index contributed by atoms with van der Waals surface area (Å²) in [7, 11) is 0. The second-order valence-electron chi connectivity index (χ2n) is 10.8. The summed E-state index contributed by atoms with van der Waals surface area (Å²) >= 11 is 1.50. The fourth-order valence-electron chi connectivity index (χ4n) is 6.48. The predicted octanol–water partition coefficient (Wildman–Crippen LogP) is 5.11. The summed E-state index contributed by atoms with van der Waals surface area (Å²) in [6, 6.07) is 19.3. The van der Waals surface area contributed by atoms with Crippen molar-refractivity contribution in [1.82, 2.24) is 20.5 Å². The summed E-state index contributed by atoms with van der Waals surface area (Å²) in [5.41, 5.74) is 4.28. The lowest BCUT2D eigenvalue weighted by Crippen LogP contribution is -2.52. The molecule has 2 saturated heterocycles. The van der Waals surface area contributed by atoms with Crippen molar-refractivity contribution in [1.29, 1.82) is 0 Å². The molecule has 2 aliphatic heterocycles. The second kappa shape index (κ2) is 11.4. The molecule has 0 saturated carbocycles. The van der Waals surface area contributed by atoms with Gasteiger partial charge in [0, 0.05) is 19.5 Å². The Kier molecular flexibility index (Phi) is 7.96. The van der Waals surface area contributed by atoms with E-state index in [2.05, 4.69) is 69.0 Å². The molecular formula is C31H38N4O2S. The van der Waals surface area contributed by atoms with Crippen molar-refractivity contribution in [2.24, 2.45) is 0 Å². The Morgan fingerprint density at radius 1 is 1.08 bits per heavy atom. The third-order valence-corrected chi connectivity index (χ3v) is 9.24. The number of benzene rings is 2. The molecule has 3 aromatic rings. The Bertz CT molecular complexity index is 1280. The van der Waals surface area contributed by atoms with Crippen molar-refractivity contribution in [3.05, 3.63) is 86.9 Å². The van der Waals surface area contributed by atoms with E-state index >= 15 is 0 Å². The Labute approximate surface area is 229 Å². The lowest BCUT2D eigenvalue weighted by atomic mass is 9.73. The fraction of sp³-hybridized carbons (Fsp3) is 0.452. The minimum Gasteiger partial charge on any atom is -0.347 e. The van der Waals surface area contributed by atoms with Gasteiger partial charge >= 0.3 is 0 Å². The maximum atomic E-state index is 13.8. The van der Waals surface area contributed by atoms with Crippen LogP contribution in [0.2, 0.25) is 0 Å². The van der Waals surface area contributed by atoms with Gasteiger partial charge in [0.05, 0.1) is 16.2 Å². The number of rotatable bonds is 6. The average molecular weight is 531 g/mol. The van der Waals surface area contributed by atoms with Crippen LogP contribution >= 0.6 is 11.3 Å². The number of nitrogens with one attached hydrogen (secondary N) is 2. The maximum Gasteiger partial charge on any atom is 0.266 e. The summed E-state index contributed by atoms with van der Waals surface area (Å²) in [5.74, 6) is 0.432. The van der Waals surface area contributed by atoms with Crippen molar-refractivity contribution >= 4 is 23.2 Å². The number of nitrogens with zero attached hydrogens (tertiary/aromatic N) is 2. The van der Waals surface area contributed by atoms with Gasteiger partial charge in [-0.15, -0.1) is 11.3 Å². The normalized spacial score (nSPS) is 21.2. The van der Waals surface area contributed by atoms with Crippen LogP contribution in [-0.4, -0.2) is 47.4 Å². The quantitative estimate of drug-likeness (QED) is 0.465. The summed E-state index contributed by atoms with van der Waals surface area (Å²) in [6.07, 6.45) is 4.36. The molecule has 6 nitrogen and oxygen atoms in total. The van der Waals surface area contributed by atoms with E-state index in [1.807, 2.05) is 19.9 Å². The van der Waals surface area contributed by atoms with Gasteiger partial charge in [0.15, 0.2) is 0 Å². The lowest BCUT2D eigenvalue weighted by molar-refractivity contribution is -0.121. The van der Waals surface area contributed by atoms with Gasteiger partial charge < -0.3 is 15.5 Å². The molecule has 0 bridgehead atoms. The highest BCUT2D eigenvalue weighted by atomic mass is 32.1. The molecule has 2 aliphatic rings. The van der Waals surface area contributed by atoms with Gasteiger partial charge in [-0.25, -0.2) is 4.98 Å². The smallest absolute Gasteiger partial charge is 0.266 e. The third-order valence-electron chi connectivity index (χ3n) is 8.18. The molecule has 5 rings (SSSR count). The first-order valence-electron chi connectivity index (χ1n) is 13.7. The van der Waals surface area contributed by atoms with Crippen LogP contribution in [0.4, 0.5) is 0 Å². The highest BCUT2D eigenvalue weighted by Gasteiger charge is 2.40. The predicted molar refractivity (Wildman–Crippen MR) is 153 cm³/mol. The first-order chi connectivity index (χ1) is 18.4. The lowest BCUT2D eigenvalue weighted by Gasteiger charge is -2.44. The third kappa shape index (κ3) is 5.54. The van der Waals surface area contributed by atoms with Crippen molar-refractivity contribution < 1.29 is 9.59 Å². The van der Waals surface area contributed by atoms with E-state index in [4.69, 9.17) is 0 Å². The van der Waals surface area contributed by atoms with E-state index in [0.29, 0.717) is 12.5 Å². The zero-order valence-electron chi connectivity index (χ0n) is 22.6. The number of hydrogen-bond acceptors (Lipinski definition) is 5. The Morgan fingerprint density at radius 3 is 2.47 bits per heavy atom. The highest BCUT2D eigenvalue weighted by molar-refractivity contribution is 7.13. The van der Waals surface area contributed by atoms with Gasteiger partial charge in [-0.05, 0) is 81.6 Å². The molecule has 2 N–H and O–H groups in total. The number of aryl methyl sites for hydroxylation is 2. The standard InChI is InChI=1S/C31H38N4O2S/c1-21-29(38-23(3)33-21)30(37)35-18-13-25(20-26(35)19-24-9-5-4-6-10-24)27-11-7-8-12-28(27)31(34-22(2)36)14-16-32-17-15-31/h4-12,25-26,32H,13-20H2,1-3H3,(H,34,36). The maximum absolute atomic E-state index is 13.8. The molecular weight excluding hydrogens is 492 g/mol. The molecule has 2 atom stereocenters. The fourth-order valence-corrected chi connectivity index (χ4v) is 7.36. The van der Waals surface area contributed by atoms with Crippen LogP contribution < -0.4 is 10.6 Å². The minimum absolute atomic E-state index is 0.0132. The van der Waals surface area contributed by atoms with Gasteiger partial charge in [0.2, 0.25) is 5.91 Å². The van der Waals surface area contributed by atoms with Crippen LogP contribution in [0.25, 0.3) is 0 Å². The average Bonchev–Trinajstić information content (AvgIpc) is 3.26. The van der Waals surface area contributed by atoms with Gasteiger partial charge in [0.1, 0.15) is 4.88 Å². The van der Waals surface area contributed by atoms with Crippen LogP contribution in [0.1, 0.15) is 75.6 Å². The van der Waals surface area contributed by atoms with Crippen LogP contribution in [0.5, 0.6) is 0 Å². The van der Waals surface area contributed by atoms with E-state index in [-0.39, 0.29) is 23.4 Å². The number of piperidine rings is 2. The molecule has 2 unspecified atom stereocenters. The molecule has 0 spiro atoms. The van der Waals surface area contributed by atoms with E-state index in [0.717, 1.165) is 60.8 Å². The summed E-state index contributed by atoms with van der Waals surface area (Å²) in [5, 5.41) is 7.74. The number of likely N-dealkylation sites (tertiary alicyclic amines) is 1. The van der Waals surface area contributed by atoms with Gasteiger partial charge in [0.25, 0.3) is 5.91 Å². The topological polar surface area (TPSA) is 74.3 Å². The number of hydrogen-bond donors (Lipinski definition) is 2. The van der Waals surface area contributed by atoms with Crippen LogP contribution in [0.15, 0.2) is 54.6 Å². The summed E-state index contributed by atoms with van der Waals surface area (Å²) < 4.78 is 0. The SMILES string of the molecule is CC(=O)NC1(c2ccccc2C2CCN(C(=O)c3sc(C)nc3C)C(Cc3ccccc3)C2)CCNCC1. The minimum atomic E-state index is -0.354. The monoisotopic (exact) mass is 530 g/mol. The molecule has 7 heteroatoms. The van der Waals surface area contributed by atoms with Gasteiger partial charge in [-0.1, -0.05) is 54.6 Å². The zero-order chi connectivity index (χ0) is 26.7. The van der Waals surface area contributed by atoms with Crippen molar-refractivity contribution in [2.45, 2.75) is 70.4 Å². The summed E-state index contributed by atoms with van der Waals surface area (Å²) in [6.45, 7) is 7.99. The first kappa shape index (κ1) is 26.6. The Hall–Kier alpha value is -3.03. The molecule has 200 valence electrons. The molecule has 0 radical (unpaired) electrons. The van der Waals surface area contributed by atoms with E-state index in [1.165, 1.54) is 28.0 Å². The molecule has 2 aromatic carbocycles. The van der Waals surface area contributed by atoms with E-state index in [1.54, 1.807) is 6.92 Å². The van der Waals surface area contributed by atoms with Gasteiger partial charge in [-0.2, -0.15) is 0 Å².